The minimum absolute atomic E-state index is 0.253. The Balaban J connectivity index is 3.44. The predicted molar refractivity (Wildman–Crippen MR) is 63.7 cm³/mol. The molecule has 2 N–H and O–H groups in total. The van der Waals surface area contributed by atoms with E-state index in [0.29, 0.717) is 6.07 Å². The second-order valence-electron chi connectivity index (χ2n) is 3.30. The van der Waals surface area contributed by atoms with E-state index in [0.717, 1.165) is 6.07 Å². The molecule has 4 nitrogen and oxygen atoms in total. The number of rotatable bonds is 3. The molecule has 0 aliphatic rings. The summed E-state index contributed by atoms with van der Waals surface area (Å²) in [6, 6.07) is 1.66. The third-order valence-corrected chi connectivity index (χ3v) is 2.59. The SMILES string of the molecule is CNC(C(=O)O)=C(Cl)c1cc(Cl)cc(C(F)(F)F)n1. The van der Waals surface area contributed by atoms with Crippen LogP contribution in [0.2, 0.25) is 5.02 Å². The number of hydrogen-bond donors (Lipinski definition) is 2. The number of carboxylic acid groups (broad SMARTS) is 1. The standard InChI is InChI=1S/C10H7Cl2F3N2O2/c1-16-8(9(18)19)7(12)5-2-4(11)3-6(17-5)10(13,14)15/h2-3,16H,1H3,(H,18,19). The topological polar surface area (TPSA) is 62.2 Å². The molecule has 104 valence electrons. The molecule has 0 spiro atoms. The van der Waals surface area contributed by atoms with Crippen LogP contribution in [0.1, 0.15) is 11.4 Å². The van der Waals surface area contributed by atoms with Crippen molar-refractivity contribution in [2.75, 3.05) is 7.05 Å². The summed E-state index contributed by atoms with van der Waals surface area (Å²) in [4.78, 5) is 14.1. The maximum Gasteiger partial charge on any atom is 0.433 e. The molecule has 1 aromatic heterocycles. The minimum atomic E-state index is -4.71. The summed E-state index contributed by atoms with van der Waals surface area (Å²) >= 11 is 11.2. The maximum atomic E-state index is 12.5. The van der Waals surface area contributed by atoms with Gasteiger partial charge in [-0.15, -0.1) is 0 Å². The molecule has 0 aromatic carbocycles. The fourth-order valence-corrected chi connectivity index (χ4v) is 1.67. The number of aromatic nitrogens is 1. The Bertz CT molecular complexity index is 544. The first kappa shape index (κ1) is 15.6. The second kappa shape index (κ2) is 5.66. The molecule has 1 aromatic rings. The molecule has 0 bridgehead atoms. The summed E-state index contributed by atoms with van der Waals surface area (Å²) in [5, 5.41) is 10.4. The van der Waals surface area contributed by atoms with Gasteiger partial charge in [-0.25, -0.2) is 9.78 Å². The highest BCUT2D eigenvalue weighted by atomic mass is 35.5. The highest BCUT2D eigenvalue weighted by Crippen LogP contribution is 2.32. The summed E-state index contributed by atoms with van der Waals surface area (Å²) < 4.78 is 37.6. The number of hydrogen-bond acceptors (Lipinski definition) is 3. The third-order valence-electron chi connectivity index (χ3n) is 1.99. The van der Waals surface area contributed by atoms with Crippen molar-refractivity contribution < 1.29 is 23.1 Å². The van der Waals surface area contributed by atoms with Crippen LogP contribution in [0.4, 0.5) is 13.2 Å². The van der Waals surface area contributed by atoms with E-state index in [1.54, 1.807) is 0 Å². The molecule has 0 fully saturated rings. The van der Waals surface area contributed by atoms with Crippen LogP contribution in [-0.4, -0.2) is 23.1 Å². The number of alkyl halides is 3. The van der Waals surface area contributed by atoms with Gasteiger partial charge >= 0.3 is 12.1 Å². The van der Waals surface area contributed by atoms with Crippen LogP contribution in [0.15, 0.2) is 17.8 Å². The van der Waals surface area contributed by atoms with Gasteiger partial charge in [-0.1, -0.05) is 23.2 Å². The molecule has 0 unspecified atom stereocenters. The van der Waals surface area contributed by atoms with E-state index < -0.39 is 28.6 Å². The first-order valence-electron chi connectivity index (χ1n) is 4.72. The van der Waals surface area contributed by atoms with Gasteiger partial charge in [0.2, 0.25) is 0 Å². The quantitative estimate of drug-likeness (QED) is 0.842. The smallest absolute Gasteiger partial charge is 0.433 e. The molecular weight excluding hydrogens is 308 g/mol. The van der Waals surface area contributed by atoms with E-state index in [2.05, 4.69) is 10.3 Å². The number of pyridine rings is 1. The highest BCUT2D eigenvalue weighted by molar-refractivity contribution is 6.50. The Morgan fingerprint density at radius 1 is 1.42 bits per heavy atom. The van der Waals surface area contributed by atoms with E-state index in [1.807, 2.05) is 0 Å². The predicted octanol–water partition coefficient (Wildman–Crippen LogP) is 2.97. The summed E-state index contributed by atoms with van der Waals surface area (Å²) in [5.41, 5.74) is -2.12. The summed E-state index contributed by atoms with van der Waals surface area (Å²) in [7, 11) is 1.26. The Morgan fingerprint density at radius 2 is 2.00 bits per heavy atom. The molecule has 0 amide bonds. The fraction of sp³-hybridized carbons (Fsp3) is 0.200. The van der Waals surface area contributed by atoms with Gasteiger partial charge in [0, 0.05) is 12.1 Å². The average Bonchev–Trinajstić information content (AvgIpc) is 2.27. The van der Waals surface area contributed by atoms with Crippen LogP contribution in [0, 0.1) is 0 Å². The number of carboxylic acids is 1. The van der Waals surface area contributed by atoms with Crippen molar-refractivity contribution in [2.45, 2.75) is 6.18 Å². The van der Waals surface area contributed by atoms with Crippen molar-refractivity contribution in [1.82, 2.24) is 10.3 Å². The van der Waals surface area contributed by atoms with E-state index in [9.17, 15) is 18.0 Å². The van der Waals surface area contributed by atoms with Gasteiger partial charge in [0.25, 0.3) is 0 Å². The first-order valence-corrected chi connectivity index (χ1v) is 5.48. The van der Waals surface area contributed by atoms with Crippen molar-refractivity contribution in [3.05, 3.63) is 34.2 Å². The zero-order valence-electron chi connectivity index (χ0n) is 9.35. The zero-order valence-corrected chi connectivity index (χ0v) is 10.9. The molecule has 0 aliphatic heterocycles. The van der Waals surface area contributed by atoms with Crippen molar-refractivity contribution >= 4 is 34.2 Å². The third kappa shape index (κ3) is 3.74. The van der Waals surface area contributed by atoms with Crippen LogP contribution in [0.3, 0.4) is 0 Å². The molecule has 19 heavy (non-hydrogen) atoms. The summed E-state index contributed by atoms with van der Waals surface area (Å²) in [6.07, 6.45) is -4.71. The molecule has 0 radical (unpaired) electrons. The Morgan fingerprint density at radius 3 is 2.42 bits per heavy atom. The van der Waals surface area contributed by atoms with E-state index >= 15 is 0 Å². The summed E-state index contributed by atoms with van der Waals surface area (Å²) in [5.74, 6) is -1.43. The normalized spacial score (nSPS) is 12.9. The van der Waals surface area contributed by atoms with Gasteiger partial charge in [-0.2, -0.15) is 13.2 Å². The monoisotopic (exact) mass is 314 g/mol. The molecule has 1 rings (SSSR count). The van der Waals surface area contributed by atoms with Gasteiger partial charge < -0.3 is 10.4 Å². The Hall–Kier alpha value is -1.47. The molecule has 0 atom stereocenters. The van der Waals surface area contributed by atoms with Gasteiger partial charge in [0.1, 0.15) is 11.4 Å². The lowest BCUT2D eigenvalue weighted by Gasteiger charge is -2.10. The van der Waals surface area contributed by atoms with E-state index in [4.69, 9.17) is 28.3 Å². The Kier molecular flexibility index (Phi) is 4.65. The molecule has 1 heterocycles. The van der Waals surface area contributed by atoms with Gasteiger partial charge in [0.05, 0.1) is 10.7 Å². The number of likely N-dealkylation sites (N-methyl/N-ethyl adjacent to an activating group) is 1. The first-order chi connectivity index (χ1) is 8.66. The van der Waals surface area contributed by atoms with Gasteiger partial charge in [-0.3, -0.25) is 0 Å². The maximum absolute atomic E-state index is 12.5. The van der Waals surface area contributed by atoms with Crippen molar-refractivity contribution in [3.8, 4) is 0 Å². The van der Waals surface area contributed by atoms with Gasteiger partial charge in [0.15, 0.2) is 0 Å². The molecular formula is C10H7Cl2F3N2O2. The zero-order chi connectivity index (χ0) is 14.8. The Labute approximate surface area is 115 Å². The minimum Gasteiger partial charge on any atom is -0.477 e. The molecule has 0 saturated carbocycles. The van der Waals surface area contributed by atoms with Crippen LogP contribution >= 0.6 is 23.2 Å². The van der Waals surface area contributed by atoms with Crippen LogP contribution in [0.25, 0.3) is 5.03 Å². The molecule has 0 aliphatic carbocycles. The fourth-order valence-electron chi connectivity index (χ4n) is 1.19. The number of halogens is 5. The number of aliphatic carboxylic acids is 1. The molecule has 0 saturated heterocycles. The number of nitrogens with one attached hydrogen (secondary N) is 1. The van der Waals surface area contributed by atoms with Crippen LogP contribution in [0.5, 0.6) is 0 Å². The lowest BCUT2D eigenvalue weighted by atomic mass is 10.2. The average molecular weight is 315 g/mol. The molecule has 9 heteroatoms. The van der Waals surface area contributed by atoms with Gasteiger partial charge in [-0.05, 0) is 12.1 Å². The second-order valence-corrected chi connectivity index (χ2v) is 4.11. The number of carbonyl (C=O) groups is 1. The van der Waals surface area contributed by atoms with Crippen molar-refractivity contribution in [2.24, 2.45) is 0 Å². The summed E-state index contributed by atoms with van der Waals surface area (Å²) in [6.45, 7) is 0. The van der Waals surface area contributed by atoms with Crippen molar-refractivity contribution in [1.29, 1.82) is 0 Å². The van der Waals surface area contributed by atoms with E-state index in [-0.39, 0.29) is 10.7 Å². The largest absolute Gasteiger partial charge is 0.477 e. The van der Waals surface area contributed by atoms with E-state index in [1.165, 1.54) is 7.05 Å². The highest BCUT2D eigenvalue weighted by Gasteiger charge is 2.33. The van der Waals surface area contributed by atoms with Crippen LogP contribution in [-0.2, 0) is 11.0 Å². The van der Waals surface area contributed by atoms with Crippen LogP contribution < -0.4 is 5.32 Å². The van der Waals surface area contributed by atoms with Crippen molar-refractivity contribution in [3.63, 3.8) is 0 Å². The lowest BCUT2D eigenvalue weighted by molar-refractivity contribution is -0.141. The lowest BCUT2D eigenvalue weighted by Crippen LogP contribution is -2.17. The number of nitrogens with zero attached hydrogens (tertiary/aromatic N) is 1.